The number of carboxylic acid groups (broad SMARTS) is 1. The first-order chi connectivity index (χ1) is 27.4. The molecule has 6 atom stereocenters. The molecule has 2 aromatic carbocycles. The Morgan fingerprint density at radius 1 is 0.644 bits per heavy atom. The first-order valence-electron chi connectivity index (χ1n) is 20.7. The molecule has 0 aromatic heterocycles. The van der Waals surface area contributed by atoms with Crippen LogP contribution < -0.4 is 16.0 Å². The Hall–Kier alpha value is -4.78. The largest absolute Gasteiger partial charge is 0.481 e. The Bertz CT molecular complexity index is 1570. The SMILES string of the molecule is CCC[C@H](C)C(=O)N(C)[C@H](C)C(=O)N[C@H](Cc1ccccc1)C(=O)OC(C)(C)C.CCC[C@H](C)C(=O)O.CN[C@H](C)C(=O)N[C@H](Cc1ccccc1)C(=O)OC(C)(C)C. The number of nitrogens with zero attached hydrogens (tertiary/aromatic N) is 1. The van der Waals surface area contributed by atoms with E-state index >= 15 is 0 Å². The van der Waals surface area contributed by atoms with Gasteiger partial charge in [-0.15, -0.1) is 0 Å². The fraction of sp³-hybridized carbons (Fsp3) is 0.609. The minimum absolute atomic E-state index is 0.0774. The minimum atomic E-state index is -0.830. The molecule has 0 saturated carbocycles. The lowest BCUT2D eigenvalue weighted by molar-refractivity contribution is -0.159. The fourth-order valence-corrected chi connectivity index (χ4v) is 5.38. The quantitative estimate of drug-likeness (QED) is 0.121. The van der Waals surface area contributed by atoms with Crippen LogP contribution in [0.1, 0.15) is 120 Å². The molecule has 0 bridgehead atoms. The van der Waals surface area contributed by atoms with Gasteiger partial charge in [0.2, 0.25) is 17.7 Å². The number of aliphatic carboxylic acids is 1. The lowest BCUT2D eigenvalue weighted by Crippen LogP contribution is -2.53. The molecule has 2 aromatic rings. The van der Waals surface area contributed by atoms with Crippen LogP contribution in [0.25, 0.3) is 0 Å². The van der Waals surface area contributed by atoms with Crippen molar-refractivity contribution in [2.45, 2.75) is 157 Å². The van der Waals surface area contributed by atoms with E-state index in [0.717, 1.165) is 36.8 Å². The van der Waals surface area contributed by atoms with Crippen molar-refractivity contribution in [3.05, 3.63) is 71.8 Å². The van der Waals surface area contributed by atoms with Crippen LogP contribution in [0.2, 0.25) is 0 Å². The number of likely N-dealkylation sites (N-methyl/N-ethyl adjacent to an activating group) is 2. The number of carbonyl (C=O) groups excluding carboxylic acids is 5. The third kappa shape index (κ3) is 23.4. The molecular formula is C46H74N4O9. The first kappa shape index (κ1) is 54.2. The Balaban J connectivity index is 0.000000985. The number of carboxylic acids is 1. The lowest BCUT2D eigenvalue weighted by atomic mass is 10.0. The van der Waals surface area contributed by atoms with Gasteiger partial charge in [0.15, 0.2) is 0 Å². The van der Waals surface area contributed by atoms with Crippen molar-refractivity contribution in [3.8, 4) is 0 Å². The zero-order valence-corrected chi connectivity index (χ0v) is 38.1. The smallest absolute Gasteiger partial charge is 0.329 e. The van der Waals surface area contributed by atoms with Gasteiger partial charge in [-0.05, 0) is 86.4 Å². The number of amides is 3. The maximum atomic E-state index is 12.8. The van der Waals surface area contributed by atoms with Crippen LogP contribution in [-0.4, -0.2) is 95.1 Å². The van der Waals surface area contributed by atoms with Crippen LogP contribution in [0.4, 0.5) is 0 Å². The average molecular weight is 827 g/mol. The van der Waals surface area contributed by atoms with Crippen molar-refractivity contribution < 1.29 is 43.3 Å². The maximum Gasteiger partial charge on any atom is 0.329 e. The van der Waals surface area contributed by atoms with E-state index in [9.17, 15) is 28.8 Å². The van der Waals surface area contributed by atoms with Crippen LogP contribution >= 0.6 is 0 Å². The van der Waals surface area contributed by atoms with E-state index < -0.39 is 47.2 Å². The Labute approximate surface area is 353 Å². The van der Waals surface area contributed by atoms with Gasteiger partial charge in [0.1, 0.15) is 29.3 Å². The number of hydrogen-bond acceptors (Lipinski definition) is 9. The molecule has 332 valence electrons. The standard InChI is InChI=1S/C23H36N2O4.C17H26N2O3.C6H12O2/c1-8-12-16(2)21(27)25(7)17(3)20(26)24-19(22(28)29-23(4,5)6)15-18-13-10-9-11-14-18;1-12(18-5)15(20)19-14(16(21)22-17(2,3)4)11-13-9-7-6-8-10-13;1-3-4-5(2)6(7)8/h9-11,13-14,16-17,19H,8,12,15H2,1-7H3,(H,24,26);6-10,12,14,18H,11H2,1-5H3,(H,19,20);5H,3-4H2,1-2H3,(H,7,8)/t16-,17+,19+;12-,14-;5-/m010/s1. The van der Waals surface area contributed by atoms with Crippen LogP contribution in [0.3, 0.4) is 0 Å². The molecule has 0 aliphatic rings. The van der Waals surface area contributed by atoms with Crippen molar-refractivity contribution in [2.24, 2.45) is 11.8 Å². The summed E-state index contributed by atoms with van der Waals surface area (Å²) in [6.07, 6.45) is 4.13. The minimum Gasteiger partial charge on any atom is -0.481 e. The normalized spacial score (nSPS) is 14.1. The van der Waals surface area contributed by atoms with Crippen molar-refractivity contribution in [1.29, 1.82) is 0 Å². The van der Waals surface area contributed by atoms with Gasteiger partial charge in [-0.2, -0.15) is 0 Å². The molecule has 0 radical (unpaired) electrons. The molecule has 0 heterocycles. The van der Waals surface area contributed by atoms with Crippen molar-refractivity contribution in [3.63, 3.8) is 0 Å². The molecule has 13 heteroatoms. The zero-order chi connectivity index (χ0) is 45.5. The molecule has 4 N–H and O–H groups in total. The Morgan fingerprint density at radius 2 is 1.02 bits per heavy atom. The third-order valence-corrected chi connectivity index (χ3v) is 9.00. The van der Waals surface area contributed by atoms with Crippen LogP contribution in [0, 0.1) is 11.8 Å². The second-order valence-electron chi connectivity index (χ2n) is 16.9. The maximum absolute atomic E-state index is 12.8. The summed E-state index contributed by atoms with van der Waals surface area (Å²) < 4.78 is 10.9. The highest BCUT2D eigenvalue weighted by Gasteiger charge is 2.32. The van der Waals surface area contributed by atoms with E-state index in [1.54, 1.807) is 55.6 Å². The molecule has 0 aliphatic carbocycles. The lowest BCUT2D eigenvalue weighted by Gasteiger charge is -2.29. The second-order valence-corrected chi connectivity index (χ2v) is 16.9. The average Bonchev–Trinajstić information content (AvgIpc) is 3.16. The summed E-state index contributed by atoms with van der Waals surface area (Å²) in [5.41, 5.74) is 0.629. The highest BCUT2D eigenvalue weighted by Crippen LogP contribution is 2.15. The number of esters is 2. The molecule has 59 heavy (non-hydrogen) atoms. The van der Waals surface area contributed by atoms with Crippen molar-refractivity contribution in [1.82, 2.24) is 20.9 Å². The van der Waals surface area contributed by atoms with Crippen LogP contribution in [-0.2, 0) is 51.1 Å². The van der Waals surface area contributed by atoms with Crippen LogP contribution in [0.5, 0.6) is 0 Å². The predicted molar refractivity (Wildman–Crippen MR) is 232 cm³/mol. The topological polar surface area (TPSA) is 180 Å². The van der Waals surface area contributed by atoms with Gasteiger partial charge in [-0.1, -0.05) is 101 Å². The summed E-state index contributed by atoms with van der Waals surface area (Å²) in [5.74, 6) is -2.60. The molecule has 0 saturated heterocycles. The molecule has 0 aliphatic heterocycles. The summed E-state index contributed by atoms with van der Waals surface area (Å²) in [7, 11) is 3.32. The highest BCUT2D eigenvalue weighted by atomic mass is 16.6. The number of nitrogens with one attached hydrogen (secondary N) is 3. The number of carbonyl (C=O) groups is 6. The predicted octanol–water partition coefficient (Wildman–Crippen LogP) is 6.51. The summed E-state index contributed by atoms with van der Waals surface area (Å²) in [5, 5.41) is 16.7. The van der Waals surface area contributed by atoms with Gasteiger partial charge < -0.3 is 35.4 Å². The third-order valence-electron chi connectivity index (χ3n) is 9.00. The monoisotopic (exact) mass is 827 g/mol. The Kier molecular flexibility index (Phi) is 24.9. The fourth-order valence-electron chi connectivity index (χ4n) is 5.38. The summed E-state index contributed by atoms with van der Waals surface area (Å²) >= 11 is 0. The van der Waals surface area contributed by atoms with E-state index in [1.165, 1.54) is 4.90 Å². The van der Waals surface area contributed by atoms with E-state index in [0.29, 0.717) is 12.8 Å². The van der Waals surface area contributed by atoms with E-state index in [-0.39, 0.29) is 35.6 Å². The highest BCUT2D eigenvalue weighted by molar-refractivity contribution is 5.91. The molecular weight excluding hydrogens is 753 g/mol. The second kappa shape index (κ2) is 27.1. The number of ether oxygens (including phenoxy) is 2. The molecule has 13 nitrogen and oxygen atoms in total. The van der Waals surface area contributed by atoms with Gasteiger partial charge in [0, 0.05) is 25.8 Å². The zero-order valence-electron chi connectivity index (χ0n) is 38.1. The first-order valence-corrected chi connectivity index (χ1v) is 20.7. The van der Waals surface area contributed by atoms with Crippen LogP contribution in [0.15, 0.2) is 60.7 Å². The molecule has 2 rings (SSSR count). The van der Waals surface area contributed by atoms with E-state index in [4.69, 9.17) is 14.6 Å². The molecule has 3 amide bonds. The van der Waals surface area contributed by atoms with Gasteiger partial charge in [-0.3, -0.25) is 19.2 Å². The summed E-state index contributed by atoms with van der Waals surface area (Å²) in [6.45, 7) is 21.8. The molecule has 0 spiro atoms. The van der Waals surface area contributed by atoms with Gasteiger partial charge in [0.05, 0.1) is 12.0 Å². The van der Waals surface area contributed by atoms with Crippen molar-refractivity contribution in [2.75, 3.05) is 14.1 Å². The van der Waals surface area contributed by atoms with Gasteiger partial charge >= 0.3 is 17.9 Å². The van der Waals surface area contributed by atoms with E-state index in [1.807, 2.05) is 102 Å². The number of rotatable bonds is 18. The van der Waals surface area contributed by atoms with Gasteiger partial charge in [0.25, 0.3) is 0 Å². The summed E-state index contributed by atoms with van der Waals surface area (Å²) in [4.78, 5) is 74.0. The number of hydrogen-bond donors (Lipinski definition) is 4. The van der Waals surface area contributed by atoms with E-state index in [2.05, 4.69) is 16.0 Å². The number of benzene rings is 2. The summed E-state index contributed by atoms with van der Waals surface area (Å²) in [6, 6.07) is 16.4. The van der Waals surface area contributed by atoms with Gasteiger partial charge in [-0.25, -0.2) is 9.59 Å². The Morgan fingerprint density at radius 3 is 1.34 bits per heavy atom. The molecule has 0 fully saturated rings. The van der Waals surface area contributed by atoms with Crippen molar-refractivity contribution >= 4 is 35.6 Å². The molecule has 0 unspecified atom stereocenters.